The van der Waals surface area contributed by atoms with E-state index in [0.717, 1.165) is 5.75 Å². The second kappa shape index (κ2) is 4.15. The van der Waals surface area contributed by atoms with E-state index in [1.807, 2.05) is 0 Å². The number of hydrogen-bond acceptors (Lipinski definition) is 1. The summed E-state index contributed by atoms with van der Waals surface area (Å²) >= 11 is 3.83. The van der Waals surface area contributed by atoms with E-state index in [2.05, 4.69) is 12.6 Å². The normalized spacial score (nSPS) is 9.80. The van der Waals surface area contributed by atoms with Crippen molar-refractivity contribution < 1.29 is 0 Å². The third-order valence-electron chi connectivity index (χ3n) is 0.241. The van der Waals surface area contributed by atoms with Crippen LogP contribution in [0.3, 0.4) is 0 Å². The number of hydrogen-bond donors (Lipinski definition) is 1. The minimum atomic E-state index is 0.733. The average molecular weight is 84.0 g/mol. The molecule has 0 unspecified atom stereocenters. The Bertz CT molecular complexity index is 33.9. The van der Waals surface area contributed by atoms with Gasteiger partial charge in [0.15, 0.2) is 0 Å². The van der Waals surface area contributed by atoms with Crippen molar-refractivity contribution in [1.82, 2.24) is 0 Å². The lowest BCUT2D eigenvalue weighted by atomic mass is 10.1. The predicted molar refractivity (Wildman–Crippen MR) is 28.7 cm³/mol. The molecule has 2 heteroatoms. The van der Waals surface area contributed by atoms with Crippen LogP contribution in [0.1, 0.15) is 0 Å². The zero-order chi connectivity index (χ0) is 4.12. The molecule has 0 heterocycles. The van der Waals surface area contributed by atoms with Crippen LogP contribution in [0.2, 0.25) is 0 Å². The van der Waals surface area contributed by atoms with Gasteiger partial charge in [-0.2, -0.15) is 12.6 Å². The summed E-state index contributed by atoms with van der Waals surface area (Å²) in [5.41, 5.74) is 0. The van der Waals surface area contributed by atoms with Crippen molar-refractivity contribution in [3.05, 3.63) is 12.1 Å². The van der Waals surface area contributed by atoms with Crippen molar-refractivity contribution in [1.29, 1.82) is 0 Å². The minimum Gasteiger partial charge on any atom is -0.175 e. The van der Waals surface area contributed by atoms with Crippen molar-refractivity contribution in [2.75, 3.05) is 5.75 Å². The lowest BCUT2D eigenvalue weighted by molar-refractivity contribution is 1.83. The van der Waals surface area contributed by atoms with Crippen LogP contribution < -0.4 is 0 Å². The zero-order valence-corrected chi connectivity index (χ0v) is 3.78. The Morgan fingerprint density at radius 1 is 1.80 bits per heavy atom. The molecule has 0 aromatic carbocycles. The van der Waals surface area contributed by atoms with Gasteiger partial charge in [0.2, 0.25) is 0 Å². The summed E-state index contributed by atoms with van der Waals surface area (Å²) in [4.78, 5) is 0. The van der Waals surface area contributed by atoms with Gasteiger partial charge >= 0.3 is 0 Å². The summed E-state index contributed by atoms with van der Waals surface area (Å²) in [5, 5.41) is 0. The van der Waals surface area contributed by atoms with Gasteiger partial charge in [-0.1, -0.05) is 6.08 Å². The van der Waals surface area contributed by atoms with E-state index >= 15 is 0 Å². The first-order chi connectivity index (χ1) is 2.41. The maximum absolute atomic E-state index is 4.91. The highest BCUT2D eigenvalue weighted by molar-refractivity contribution is 7.80. The largest absolute Gasteiger partial charge is 0.175 e. The third-order valence-corrected chi connectivity index (χ3v) is 0.452. The van der Waals surface area contributed by atoms with Crippen molar-refractivity contribution in [3.8, 4) is 0 Å². The Kier molecular flexibility index (Phi) is 4.28. The van der Waals surface area contributed by atoms with Gasteiger partial charge in [0.1, 0.15) is 7.85 Å². The quantitative estimate of drug-likeness (QED) is 0.349. The van der Waals surface area contributed by atoms with Crippen LogP contribution in [0.25, 0.3) is 0 Å². The first-order valence-corrected chi connectivity index (χ1v) is 2.02. The topological polar surface area (TPSA) is 0 Å². The lowest BCUT2D eigenvalue weighted by Crippen LogP contribution is -1.55. The second-order valence-electron chi connectivity index (χ2n) is 0.611. The fraction of sp³-hybridized carbons (Fsp3) is 0.333. The first-order valence-electron chi connectivity index (χ1n) is 1.39. The molecule has 0 bridgehead atoms. The molecule has 0 aliphatic carbocycles. The molecule has 0 saturated heterocycles. The molecule has 2 radical (unpaired) electrons. The summed E-state index contributed by atoms with van der Waals surface area (Å²) in [5.74, 6) is 2.21. The SMILES string of the molecule is [B]/C=C/CS. The standard InChI is InChI=1S/C3H5BS/c4-2-1-3-5/h1-2,5H,3H2/b2-1+. The van der Waals surface area contributed by atoms with Gasteiger partial charge in [0, 0.05) is 5.75 Å². The summed E-state index contributed by atoms with van der Waals surface area (Å²) < 4.78 is 0. The molecule has 0 atom stereocenters. The Morgan fingerprint density at radius 2 is 2.40 bits per heavy atom. The molecular formula is C3H5BS. The van der Waals surface area contributed by atoms with E-state index in [1.54, 1.807) is 6.08 Å². The maximum Gasteiger partial charge on any atom is 0.102 e. The number of thiol groups is 1. The Balaban J connectivity index is 2.62. The van der Waals surface area contributed by atoms with Gasteiger partial charge in [-0.05, 0) is 0 Å². The molecule has 26 valence electrons. The Morgan fingerprint density at radius 3 is 2.40 bits per heavy atom. The van der Waals surface area contributed by atoms with Gasteiger partial charge in [0.05, 0.1) is 0 Å². The molecule has 0 amide bonds. The van der Waals surface area contributed by atoms with Crippen molar-refractivity contribution in [2.24, 2.45) is 0 Å². The van der Waals surface area contributed by atoms with Gasteiger partial charge in [-0.15, -0.1) is 5.98 Å². The molecule has 0 aliphatic rings. The van der Waals surface area contributed by atoms with Gasteiger partial charge in [0.25, 0.3) is 0 Å². The number of rotatable bonds is 1. The van der Waals surface area contributed by atoms with E-state index in [1.165, 1.54) is 5.98 Å². The third kappa shape index (κ3) is 4.15. The highest BCUT2D eigenvalue weighted by Crippen LogP contribution is 1.69. The highest BCUT2D eigenvalue weighted by atomic mass is 32.1. The van der Waals surface area contributed by atoms with Crippen molar-refractivity contribution in [2.45, 2.75) is 0 Å². The maximum atomic E-state index is 4.91. The monoisotopic (exact) mass is 84.0 g/mol. The Hall–Kier alpha value is 0.155. The molecule has 5 heavy (non-hydrogen) atoms. The fourth-order valence-corrected chi connectivity index (χ4v) is 0.183. The van der Waals surface area contributed by atoms with E-state index < -0.39 is 0 Å². The Labute approximate surface area is 39.1 Å². The first kappa shape index (κ1) is 5.15. The van der Waals surface area contributed by atoms with Gasteiger partial charge in [-0.3, -0.25) is 0 Å². The second-order valence-corrected chi connectivity index (χ2v) is 0.976. The molecule has 0 N–H and O–H groups in total. The van der Waals surface area contributed by atoms with Crippen LogP contribution in [-0.2, 0) is 0 Å². The molecule has 0 nitrogen and oxygen atoms in total. The molecule has 0 rings (SSSR count). The fourth-order valence-electron chi connectivity index (χ4n) is 0.0609. The smallest absolute Gasteiger partial charge is 0.102 e. The molecular weight excluding hydrogens is 78.9 g/mol. The van der Waals surface area contributed by atoms with Crippen LogP contribution in [-0.4, -0.2) is 13.6 Å². The van der Waals surface area contributed by atoms with E-state index in [0.29, 0.717) is 0 Å². The molecule has 0 saturated carbocycles. The summed E-state index contributed by atoms with van der Waals surface area (Å²) in [6, 6.07) is 0. The predicted octanol–water partition coefficient (Wildman–Crippen LogP) is 0.598. The van der Waals surface area contributed by atoms with E-state index in [4.69, 9.17) is 7.85 Å². The highest BCUT2D eigenvalue weighted by Gasteiger charge is 1.52. The molecule has 0 spiro atoms. The van der Waals surface area contributed by atoms with E-state index in [-0.39, 0.29) is 0 Å². The van der Waals surface area contributed by atoms with Gasteiger partial charge < -0.3 is 0 Å². The van der Waals surface area contributed by atoms with Crippen LogP contribution in [0.5, 0.6) is 0 Å². The van der Waals surface area contributed by atoms with Crippen LogP contribution >= 0.6 is 12.6 Å². The van der Waals surface area contributed by atoms with Crippen LogP contribution in [0.15, 0.2) is 12.1 Å². The van der Waals surface area contributed by atoms with Crippen molar-refractivity contribution in [3.63, 3.8) is 0 Å². The summed E-state index contributed by atoms with van der Waals surface area (Å²) in [7, 11) is 4.91. The summed E-state index contributed by atoms with van der Waals surface area (Å²) in [6.45, 7) is 0. The minimum absolute atomic E-state index is 0.733. The zero-order valence-electron chi connectivity index (χ0n) is 2.89. The molecule has 0 aromatic rings. The lowest BCUT2D eigenvalue weighted by Gasteiger charge is -1.65. The summed E-state index contributed by atoms with van der Waals surface area (Å²) in [6.07, 6.45) is 1.77. The van der Waals surface area contributed by atoms with Gasteiger partial charge in [-0.25, -0.2) is 0 Å². The molecule has 0 aliphatic heterocycles. The van der Waals surface area contributed by atoms with Crippen molar-refractivity contribution >= 4 is 20.5 Å². The van der Waals surface area contributed by atoms with Crippen LogP contribution in [0.4, 0.5) is 0 Å². The molecule has 0 fully saturated rings. The van der Waals surface area contributed by atoms with E-state index in [9.17, 15) is 0 Å². The molecule has 0 aromatic heterocycles. The van der Waals surface area contributed by atoms with Crippen LogP contribution in [0, 0.1) is 0 Å². The average Bonchev–Trinajstić information content (AvgIpc) is 1.41.